The molecule has 0 unspecified atom stereocenters. The number of methoxy groups -OCH3 is 1. The van der Waals surface area contributed by atoms with Crippen LogP contribution in [0.1, 0.15) is 24.0 Å². The number of carbonyl (C=O) groups excluding carboxylic acids is 1. The highest BCUT2D eigenvalue weighted by Crippen LogP contribution is 2.20. The van der Waals surface area contributed by atoms with Crippen LogP contribution in [0.15, 0.2) is 53.5 Å². The fraction of sp³-hybridized carbons (Fsp3) is 0.440. The monoisotopic (exact) mass is 435 g/mol. The highest BCUT2D eigenvalue weighted by Gasteiger charge is 2.21. The molecule has 2 saturated heterocycles. The highest BCUT2D eigenvalue weighted by atomic mass is 16.5. The van der Waals surface area contributed by atoms with Crippen LogP contribution in [0.25, 0.3) is 0 Å². The van der Waals surface area contributed by atoms with Gasteiger partial charge in [-0.25, -0.2) is 0 Å². The van der Waals surface area contributed by atoms with E-state index in [2.05, 4.69) is 56.5 Å². The number of likely N-dealkylation sites (tertiary alicyclic amines) is 1. The Bertz CT molecular complexity index is 936. The molecule has 2 aromatic carbocycles. The minimum atomic E-state index is 0.266. The maximum atomic E-state index is 11.9. The number of aliphatic imine (C=N–C) groups is 1. The summed E-state index contributed by atoms with van der Waals surface area (Å²) < 4.78 is 5.26. The third-order valence-corrected chi connectivity index (χ3v) is 6.22. The standard InChI is InChI=1S/C25H33N5O2/c1-26-25(29-15-13-28(14-16-29)22-8-10-23(32-2)11-9-22)27-18-20-5-3-6-21(17-20)19-30-12-4-7-24(30)31/h3,5-6,8-11,17H,4,7,12-16,18-19H2,1-2H3,(H,26,27). The zero-order valence-electron chi connectivity index (χ0n) is 19.1. The molecule has 2 aliphatic heterocycles. The van der Waals surface area contributed by atoms with Crippen LogP contribution in [0.2, 0.25) is 0 Å². The number of nitrogens with one attached hydrogen (secondary N) is 1. The maximum Gasteiger partial charge on any atom is 0.222 e. The Labute approximate surface area is 190 Å². The van der Waals surface area contributed by atoms with Gasteiger partial charge in [-0.3, -0.25) is 9.79 Å². The van der Waals surface area contributed by atoms with E-state index in [-0.39, 0.29) is 5.91 Å². The molecule has 7 nitrogen and oxygen atoms in total. The molecule has 0 atom stereocenters. The number of hydrogen-bond acceptors (Lipinski definition) is 4. The minimum Gasteiger partial charge on any atom is -0.497 e. The molecule has 0 aromatic heterocycles. The summed E-state index contributed by atoms with van der Waals surface area (Å²) in [6, 6.07) is 16.7. The molecular formula is C25H33N5O2. The second-order valence-corrected chi connectivity index (χ2v) is 8.31. The van der Waals surface area contributed by atoms with E-state index in [1.807, 2.05) is 24.1 Å². The number of rotatable bonds is 6. The van der Waals surface area contributed by atoms with Crippen LogP contribution in [-0.2, 0) is 17.9 Å². The molecule has 1 amide bonds. The van der Waals surface area contributed by atoms with Crippen LogP contribution in [0.4, 0.5) is 5.69 Å². The average molecular weight is 436 g/mol. The minimum absolute atomic E-state index is 0.266. The molecule has 0 radical (unpaired) electrons. The SMILES string of the molecule is CN=C(NCc1cccc(CN2CCCC2=O)c1)N1CCN(c2ccc(OC)cc2)CC1. The molecule has 0 spiro atoms. The number of piperazine rings is 1. The lowest BCUT2D eigenvalue weighted by molar-refractivity contribution is -0.128. The first-order valence-corrected chi connectivity index (χ1v) is 11.4. The van der Waals surface area contributed by atoms with Crippen LogP contribution < -0.4 is 15.0 Å². The molecule has 2 fully saturated rings. The summed E-state index contributed by atoms with van der Waals surface area (Å²) in [6.45, 7) is 6.03. The van der Waals surface area contributed by atoms with E-state index in [0.717, 1.165) is 50.9 Å². The zero-order valence-corrected chi connectivity index (χ0v) is 19.1. The number of benzene rings is 2. The summed E-state index contributed by atoms with van der Waals surface area (Å²) in [6.07, 6.45) is 1.66. The highest BCUT2D eigenvalue weighted by molar-refractivity contribution is 5.80. The largest absolute Gasteiger partial charge is 0.497 e. The Kier molecular flexibility index (Phi) is 7.14. The Morgan fingerprint density at radius 2 is 1.78 bits per heavy atom. The first-order chi connectivity index (χ1) is 15.7. The molecular weight excluding hydrogens is 402 g/mol. The predicted molar refractivity (Wildman–Crippen MR) is 128 cm³/mol. The van der Waals surface area contributed by atoms with Gasteiger partial charge in [0.1, 0.15) is 5.75 Å². The van der Waals surface area contributed by atoms with E-state index >= 15 is 0 Å². The number of amides is 1. The van der Waals surface area contributed by atoms with Crippen molar-refractivity contribution in [1.82, 2.24) is 15.1 Å². The summed E-state index contributed by atoms with van der Waals surface area (Å²) in [7, 11) is 3.53. The second kappa shape index (κ2) is 10.4. The van der Waals surface area contributed by atoms with Crippen molar-refractivity contribution in [2.24, 2.45) is 4.99 Å². The number of hydrogen-bond donors (Lipinski definition) is 1. The quantitative estimate of drug-likeness (QED) is 0.559. The third-order valence-electron chi connectivity index (χ3n) is 6.22. The summed E-state index contributed by atoms with van der Waals surface area (Å²) in [5, 5.41) is 3.52. The van der Waals surface area contributed by atoms with Crippen molar-refractivity contribution in [2.75, 3.05) is 51.8 Å². The molecule has 0 saturated carbocycles. The van der Waals surface area contributed by atoms with Gasteiger partial charge in [0, 0.05) is 65.0 Å². The zero-order chi connectivity index (χ0) is 22.3. The molecule has 0 aliphatic carbocycles. The van der Waals surface area contributed by atoms with Crippen LogP contribution in [0, 0.1) is 0 Å². The molecule has 170 valence electrons. The lowest BCUT2D eigenvalue weighted by Crippen LogP contribution is -2.52. The first kappa shape index (κ1) is 22.0. The Balaban J connectivity index is 1.29. The Hall–Kier alpha value is -3.22. The number of carbonyl (C=O) groups is 1. The summed E-state index contributed by atoms with van der Waals surface area (Å²) in [4.78, 5) is 23.1. The molecule has 1 N–H and O–H groups in total. The molecule has 2 heterocycles. The molecule has 0 bridgehead atoms. The van der Waals surface area contributed by atoms with Gasteiger partial charge in [0.05, 0.1) is 7.11 Å². The molecule has 7 heteroatoms. The van der Waals surface area contributed by atoms with Crippen LogP contribution >= 0.6 is 0 Å². The van der Waals surface area contributed by atoms with Crippen LogP contribution in [0.5, 0.6) is 5.75 Å². The molecule has 2 aromatic rings. The Morgan fingerprint density at radius 3 is 2.44 bits per heavy atom. The number of nitrogens with zero attached hydrogens (tertiary/aromatic N) is 4. The van der Waals surface area contributed by atoms with Crippen LogP contribution in [0.3, 0.4) is 0 Å². The van der Waals surface area contributed by atoms with Crippen molar-refractivity contribution >= 4 is 17.6 Å². The first-order valence-electron chi connectivity index (χ1n) is 11.4. The molecule has 2 aliphatic rings. The number of ether oxygens (including phenoxy) is 1. The van der Waals surface area contributed by atoms with Crippen molar-refractivity contribution in [3.63, 3.8) is 0 Å². The molecule has 32 heavy (non-hydrogen) atoms. The van der Waals surface area contributed by atoms with Gasteiger partial charge in [-0.15, -0.1) is 0 Å². The van der Waals surface area contributed by atoms with Crippen LogP contribution in [-0.4, -0.2) is 68.5 Å². The van der Waals surface area contributed by atoms with E-state index in [0.29, 0.717) is 19.5 Å². The van der Waals surface area contributed by atoms with Crippen molar-refractivity contribution in [1.29, 1.82) is 0 Å². The second-order valence-electron chi connectivity index (χ2n) is 8.31. The van der Waals surface area contributed by atoms with Crippen molar-refractivity contribution in [2.45, 2.75) is 25.9 Å². The molecule has 4 rings (SSSR count). The normalized spacial score (nSPS) is 17.1. The fourth-order valence-electron chi connectivity index (χ4n) is 4.41. The van der Waals surface area contributed by atoms with Gasteiger partial charge in [0.2, 0.25) is 5.91 Å². The summed E-state index contributed by atoms with van der Waals surface area (Å²) in [5.74, 6) is 2.08. The van der Waals surface area contributed by atoms with E-state index in [4.69, 9.17) is 4.74 Å². The average Bonchev–Trinajstić information content (AvgIpc) is 3.24. The maximum absolute atomic E-state index is 11.9. The summed E-state index contributed by atoms with van der Waals surface area (Å²) >= 11 is 0. The van der Waals surface area contributed by atoms with E-state index in [9.17, 15) is 4.79 Å². The third kappa shape index (κ3) is 5.33. The van der Waals surface area contributed by atoms with Gasteiger partial charge in [0.25, 0.3) is 0 Å². The fourth-order valence-corrected chi connectivity index (χ4v) is 4.41. The lowest BCUT2D eigenvalue weighted by Gasteiger charge is -2.37. The van der Waals surface area contributed by atoms with Gasteiger partial charge in [0.15, 0.2) is 5.96 Å². The van der Waals surface area contributed by atoms with Gasteiger partial charge in [-0.05, 0) is 41.8 Å². The Morgan fingerprint density at radius 1 is 1.03 bits per heavy atom. The smallest absolute Gasteiger partial charge is 0.222 e. The number of guanidine groups is 1. The van der Waals surface area contributed by atoms with Crippen molar-refractivity contribution in [3.8, 4) is 5.75 Å². The van der Waals surface area contributed by atoms with E-state index in [1.54, 1.807) is 7.11 Å². The van der Waals surface area contributed by atoms with E-state index in [1.165, 1.54) is 16.8 Å². The lowest BCUT2D eigenvalue weighted by atomic mass is 10.1. The van der Waals surface area contributed by atoms with Crippen molar-refractivity contribution < 1.29 is 9.53 Å². The van der Waals surface area contributed by atoms with Crippen molar-refractivity contribution in [3.05, 3.63) is 59.7 Å². The predicted octanol–water partition coefficient (Wildman–Crippen LogP) is 2.72. The van der Waals surface area contributed by atoms with Gasteiger partial charge < -0.3 is 24.8 Å². The summed E-state index contributed by atoms with van der Waals surface area (Å²) in [5.41, 5.74) is 3.61. The topological polar surface area (TPSA) is 60.4 Å². The van der Waals surface area contributed by atoms with Gasteiger partial charge in [-0.1, -0.05) is 24.3 Å². The number of anilines is 1. The van der Waals surface area contributed by atoms with Gasteiger partial charge in [-0.2, -0.15) is 0 Å². The van der Waals surface area contributed by atoms with E-state index < -0.39 is 0 Å². The van der Waals surface area contributed by atoms with Gasteiger partial charge >= 0.3 is 0 Å².